The average molecular weight is 240 g/mol. The van der Waals surface area contributed by atoms with Gasteiger partial charge in [-0.2, -0.15) is 0 Å². The first-order chi connectivity index (χ1) is 8.22. The van der Waals surface area contributed by atoms with E-state index in [0.29, 0.717) is 13.1 Å². The molecule has 5 nitrogen and oxygen atoms in total. The first-order valence-electron chi connectivity index (χ1n) is 6.33. The molecular formula is C12H20N2O3. The van der Waals surface area contributed by atoms with Crippen LogP contribution in [0.4, 0.5) is 0 Å². The predicted molar refractivity (Wildman–Crippen MR) is 62.4 cm³/mol. The van der Waals surface area contributed by atoms with Crippen LogP contribution in [0.3, 0.4) is 0 Å². The first-order valence-corrected chi connectivity index (χ1v) is 6.33. The van der Waals surface area contributed by atoms with E-state index >= 15 is 0 Å². The lowest BCUT2D eigenvalue weighted by Gasteiger charge is -2.27. The molecule has 0 aliphatic carbocycles. The van der Waals surface area contributed by atoms with Crippen molar-refractivity contribution in [2.45, 2.75) is 31.8 Å². The molecule has 0 bridgehead atoms. The van der Waals surface area contributed by atoms with Gasteiger partial charge in [0.25, 0.3) is 0 Å². The summed E-state index contributed by atoms with van der Waals surface area (Å²) in [4.78, 5) is 27.3. The number of carbonyl (C=O) groups excluding carboxylic acids is 2. The second-order valence-corrected chi connectivity index (χ2v) is 4.75. The van der Waals surface area contributed by atoms with Crippen LogP contribution in [0.15, 0.2) is 0 Å². The monoisotopic (exact) mass is 240 g/mol. The minimum atomic E-state index is -0.355. The fourth-order valence-corrected chi connectivity index (χ4v) is 2.47. The van der Waals surface area contributed by atoms with Crippen LogP contribution < -0.4 is 0 Å². The third-order valence-corrected chi connectivity index (χ3v) is 3.59. The van der Waals surface area contributed by atoms with Crippen LogP contribution in [-0.2, 0) is 14.3 Å². The van der Waals surface area contributed by atoms with Gasteiger partial charge >= 0.3 is 11.8 Å². The number of nitrogens with zero attached hydrogens (tertiary/aromatic N) is 2. The Hall–Kier alpha value is -1.10. The van der Waals surface area contributed by atoms with Crippen LogP contribution in [0.25, 0.3) is 0 Å². The number of amides is 2. The highest BCUT2D eigenvalue weighted by atomic mass is 16.5. The third-order valence-electron chi connectivity index (χ3n) is 3.59. The molecule has 2 aliphatic heterocycles. The summed E-state index contributed by atoms with van der Waals surface area (Å²) >= 11 is 0. The van der Waals surface area contributed by atoms with E-state index in [2.05, 4.69) is 0 Å². The average Bonchev–Trinajstić information content (AvgIpc) is 2.87. The maximum Gasteiger partial charge on any atom is 0.312 e. The quantitative estimate of drug-likeness (QED) is 0.617. The van der Waals surface area contributed by atoms with Crippen LogP contribution in [-0.4, -0.2) is 61.0 Å². The Labute approximate surface area is 102 Å². The van der Waals surface area contributed by atoms with Gasteiger partial charge in [0, 0.05) is 33.3 Å². The SMILES string of the molecule is COC1CCN(C(=O)C(=O)N2CCCCC2)C1. The van der Waals surface area contributed by atoms with Gasteiger partial charge in [0.1, 0.15) is 0 Å². The Morgan fingerprint density at radius 2 is 1.65 bits per heavy atom. The van der Waals surface area contributed by atoms with E-state index < -0.39 is 0 Å². The van der Waals surface area contributed by atoms with E-state index in [1.807, 2.05) is 0 Å². The van der Waals surface area contributed by atoms with Crippen molar-refractivity contribution in [3.63, 3.8) is 0 Å². The standard InChI is InChI=1S/C12H20N2O3/c1-17-10-5-8-14(9-10)12(16)11(15)13-6-3-2-4-7-13/h10H,2-9H2,1H3. The zero-order valence-corrected chi connectivity index (χ0v) is 10.4. The second-order valence-electron chi connectivity index (χ2n) is 4.75. The summed E-state index contributed by atoms with van der Waals surface area (Å²) in [5, 5.41) is 0. The number of carbonyl (C=O) groups is 2. The highest BCUT2D eigenvalue weighted by Crippen LogP contribution is 2.14. The van der Waals surface area contributed by atoms with Gasteiger partial charge in [-0.1, -0.05) is 0 Å². The van der Waals surface area contributed by atoms with Crippen molar-refractivity contribution in [3.05, 3.63) is 0 Å². The fourth-order valence-electron chi connectivity index (χ4n) is 2.47. The van der Waals surface area contributed by atoms with Gasteiger partial charge in [-0.15, -0.1) is 0 Å². The summed E-state index contributed by atoms with van der Waals surface area (Å²) < 4.78 is 5.20. The largest absolute Gasteiger partial charge is 0.380 e. The molecule has 0 aromatic rings. The third kappa shape index (κ3) is 2.77. The molecule has 0 aromatic carbocycles. The Bertz CT molecular complexity index is 300. The van der Waals surface area contributed by atoms with E-state index in [0.717, 1.165) is 38.8 Å². The van der Waals surface area contributed by atoms with Gasteiger partial charge in [0.2, 0.25) is 0 Å². The summed E-state index contributed by atoms with van der Waals surface area (Å²) in [5.74, 6) is -0.687. The number of likely N-dealkylation sites (tertiary alicyclic amines) is 2. The van der Waals surface area contributed by atoms with Gasteiger partial charge < -0.3 is 14.5 Å². The highest BCUT2D eigenvalue weighted by molar-refractivity contribution is 6.35. The van der Waals surface area contributed by atoms with Crippen LogP contribution in [0, 0.1) is 0 Å². The molecule has 2 fully saturated rings. The molecule has 0 aromatic heterocycles. The molecule has 0 spiro atoms. The second kappa shape index (κ2) is 5.49. The van der Waals surface area contributed by atoms with Gasteiger partial charge in [-0.05, 0) is 25.7 Å². The van der Waals surface area contributed by atoms with Crippen molar-refractivity contribution >= 4 is 11.8 Å². The van der Waals surface area contributed by atoms with Gasteiger partial charge in [0.05, 0.1) is 6.10 Å². The number of rotatable bonds is 1. The Balaban J connectivity index is 1.88. The molecular weight excluding hydrogens is 220 g/mol. The Morgan fingerprint density at radius 3 is 2.24 bits per heavy atom. The highest BCUT2D eigenvalue weighted by Gasteiger charge is 2.32. The molecule has 5 heteroatoms. The molecule has 0 N–H and O–H groups in total. The maximum absolute atomic E-state index is 12.0. The number of ether oxygens (including phenoxy) is 1. The molecule has 2 rings (SSSR count). The lowest BCUT2D eigenvalue weighted by molar-refractivity contribution is -0.151. The molecule has 1 unspecified atom stereocenters. The fraction of sp³-hybridized carbons (Fsp3) is 0.833. The van der Waals surface area contributed by atoms with Crippen molar-refractivity contribution in [1.29, 1.82) is 0 Å². The summed E-state index contributed by atoms with van der Waals surface area (Å²) in [6.45, 7) is 2.64. The van der Waals surface area contributed by atoms with Crippen LogP contribution in [0.2, 0.25) is 0 Å². The van der Waals surface area contributed by atoms with Gasteiger partial charge in [0.15, 0.2) is 0 Å². The van der Waals surface area contributed by atoms with Crippen LogP contribution in [0.5, 0.6) is 0 Å². The number of hydrogen-bond donors (Lipinski definition) is 0. The number of hydrogen-bond acceptors (Lipinski definition) is 3. The molecule has 96 valence electrons. The molecule has 2 saturated heterocycles. The number of piperidine rings is 1. The van der Waals surface area contributed by atoms with Crippen molar-refractivity contribution in [3.8, 4) is 0 Å². The Morgan fingerprint density at radius 1 is 1.00 bits per heavy atom. The van der Waals surface area contributed by atoms with E-state index in [-0.39, 0.29) is 17.9 Å². The molecule has 1 atom stereocenters. The molecule has 0 saturated carbocycles. The van der Waals surface area contributed by atoms with Gasteiger partial charge in [-0.3, -0.25) is 9.59 Å². The minimum absolute atomic E-state index is 0.0908. The lowest BCUT2D eigenvalue weighted by Crippen LogP contribution is -2.46. The number of methoxy groups -OCH3 is 1. The molecule has 2 amide bonds. The summed E-state index contributed by atoms with van der Waals surface area (Å²) in [6, 6.07) is 0. The molecule has 2 aliphatic rings. The van der Waals surface area contributed by atoms with E-state index in [1.165, 1.54) is 0 Å². The predicted octanol–water partition coefficient (Wildman–Crippen LogP) is 0.246. The van der Waals surface area contributed by atoms with E-state index in [1.54, 1.807) is 16.9 Å². The zero-order valence-electron chi connectivity index (χ0n) is 10.4. The lowest BCUT2D eigenvalue weighted by atomic mass is 10.1. The van der Waals surface area contributed by atoms with Gasteiger partial charge in [-0.25, -0.2) is 0 Å². The smallest absolute Gasteiger partial charge is 0.312 e. The topological polar surface area (TPSA) is 49.9 Å². The first kappa shape index (κ1) is 12.4. The van der Waals surface area contributed by atoms with Crippen LogP contribution in [0.1, 0.15) is 25.7 Å². The summed E-state index contributed by atoms with van der Waals surface area (Å²) in [7, 11) is 1.64. The molecule has 17 heavy (non-hydrogen) atoms. The minimum Gasteiger partial charge on any atom is -0.380 e. The zero-order chi connectivity index (χ0) is 12.3. The summed E-state index contributed by atoms with van der Waals surface area (Å²) in [5.41, 5.74) is 0. The maximum atomic E-state index is 12.0. The summed E-state index contributed by atoms with van der Waals surface area (Å²) in [6.07, 6.45) is 4.11. The normalized spacial score (nSPS) is 25.1. The molecule has 0 radical (unpaired) electrons. The van der Waals surface area contributed by atoms with E-state index in [9.17, 15) is 9.59 Å². The van der Waals surface area contributed by atoms with Crippen molar-refractivity contribution in [1.82, 2.24) is 9.80 Å². The van der Waals surface area contributed by atoms with Crippen molar-refractivity contribution in [2.75, 3.05) is 33.3 Å². The molecule has 2 heterocycles. The van der Waals surface area contributed by atoms with Crippen LogP contribution >= 0.6 is 0 Å². The Kier molecular flexibility index (Phi) is 3.99. The van der Waals surface area contributed by atoms with Crippen molar-refractivity contribution in [2.24, 2.45) is 0 Å². The van der Waals surface area contributed by atoms with Crippen molar-refractivity contribution < 1.29 is 14.3 Å². The van der Waals surface area contributed by atoms with E-state index in [4.69, 9.17) is 4.74 Å².